The molecule has 2 rings (SSSR count). The second-order valence-electron chi connectivity index (χ2n) is 4.66. The molecule has 0 aliphatic heterocycles. The largest absolute Gasteiger partial charge is 0.319 e. The highest BCUT2D eigenvalue weighted by molar-refractivity contribution is 7.09. The summed E-state index contributed by atoms with van der Waals surface area (Å²) < 4.78 is 1.32. The topological polar surface area (TPSA) is 26.0 Å². The van der Waals surface area contributed by atoms with Gasteiger partial charge in [0, 0.05) is 9.41 Å². The van der Waals surface area contributed by atoms with E-state index in [1.165, 1.54) is 14.6 Å². The van der Waals surface area contributed by atoms with Gasteiger partial charge in [-0.05, 0) is 30.2 Å². The fourth-order valence-corrected chi connectivity index (χ4v) is 2.75. The van der Waals surface area contributed by atoms with Crippen LogP contribution in [-0.2, 0) is 0 Å². The molecule has 1 unspecified atom stereocenters. The maximum absolute atomic E-state index is 6.12. The molecule has 15 heavy (non-hydrogen) atoms. The summed E-state index contributed by atoms with van der Waals surface area (Å²) in [5.41, 5.74) is 5.80. The summed E-state index contributed by atoms with van der Waals surface area (Å²) in [6, 6.07) is 2.26. The first-order chi connectivity index (χ1) is 6.98. The summed E-state index contributed by atoms with van der Waals surface area (Å²) in [4.78, 5) is 1.43. The molecule has 1 aliphatic rings. The van der Waals surface area contributed by atoms with Gasteiger partial charge in [0.25, 0.3) is 0 Å². The first-order valence-electron chi connectivity index (χ1n) is 5.29. The lowest BCUT2D eigenvalue weighted by Crippen LogP contribution is -2.33. The number of nitrogens with two attached hydrogens (primary N) is 1. The average molecular weight is 219 g/mol. The van der Waals surface area contributed by atoms with Crippen molar-refractivity contribution in [3.8, 4) is 0 Å². The van der Waals surface area contributed by atoms with Crippen molar-refractivity contribution in [2.75, 3.05) is 0 Å². The third-order valence-electron chi connectivity index (χ3n) is 2.55. The number of hydrogen-bond acceptors (Lipinski definition) is 2. The molecular weight excluding hydrogens is 202 g/mol. The minimum Gasteiger partial charge on any atom is -0.319 e. The number of fused-ring (bicyclic) bond motifs is 1. The molecule has 0 radical (unpaired) electrons. The van der Waals surface area contributed by atoms with Crippen LogP contribution in [0.2, 0.25) is 0 Å². The quantitative estimate of drug-likeness (QED) is 0.764. The van der Waals surface area contributed by atoms with Crippen LogP contribution >= 0.6 is 11.3 Å². The Kier molecular flexibility index (Phi) is 2.57. The maximum atomic E-state index is 6.12. The molecule has 2 heteroatoms. The molecule has 1 aromatic rings. The third kappa shape index (κ3) is 2.21. The second-order valence-corrected chi connectivity index (χ2v) is 5.77. The van der Waals surface area contributed by atoms with Gasteiger partial charge < -0.3 is 5.73 Å². The fraction of sp³-hybridized carbons (Fsp3) is 0.385. The predicted molar refractivity (Wildman–Crippen MR) is 68.3 cm³/mol. The third-order valence-corrected chi connectivity index (χ3v) is 3.97. The maximum Gasteiger partial charge on any atom is 0.0508 e. The Morgan fingerprint density at radius 2 is 2.13 bits per heavy atom. The lowest BCUT2D eigenvalue weighted by molar-refractivity contribution is 0.778. The highest BCUT2D eigenvalue weighted by Gasteiger charge is 2.12. The van der Waals surface area contributed by atoms with Crippen molar-refractivity contribution in [3.63, 3.8) is 0 Å². The van der Waals surface area contributed by atoms with Gasteiger partial charge >= 0.3 is 0 Å². The first kappa shape index (κ1) is 10.7. The van der Waals surface area contributed by atoms with Crippen LogP contribution in [0, 0.1) is 0 Å². The number of rotatable bonds is 1. The van der Waals surface area contributed by atoms with E-state index in [1.54, 1.807) is 0 Å². The lowest BCUT2D eigenvalue weighted by Gasteiger charge is -2.12. The molecule has 0 amide bonds. The monoisotopic (exact) mass is 219 g/mol. The van der Waals surface area contributed by atoms with Gasteiger partial charge in [0.1, 0.15) is 0 Å². The van der Waals surface area contributed by atoms with Gasteiger partial charge in [-0.3, -0.25) is 0 Å². The number of hydrogen-bond donors (Lipinski definition) is 1. The Balaban J connectivity index is 2.65. The summed E-state index contributed by atoms with van der Waals surface area (Å²) >= 11 is 1.86. The normalized spacial score (nSPS) is 24.3. The summed E-state index contributed by atoms with van der Waals surface area (Å²) in [5, 5.41) is 1.28. The van der Waals surface area contributed by atoms with Crippen LogP contribution < -0.4 is 15.5 Å². The highest BCUT2D eigenvalue weighted by atomic mass is 32.1. The van der Waals surface area contributed by atoms with Gasteiger partial charge in [-0.2, -0.15) is 0 Å². The Hall–Kier alpha value is -0.860. The SMILES string of the molecule is CC(C)c1cc2c(s1)=CC=CC(C)(N)C=2. The van der Waals surface area contributed by atoms with Gasteiger partial charge in [-0.25, -0.2) is 0 Å². The van der Waals surface area contributed by atoms with E-state index in [2.05, 4.69) is 38.1 Å². The molecule has 0 aromatic carbocycles. The van der Waals surface area contributed by atoms with Crippen LogP contribution in [-0.4, -0.2) is 5.54 Å². The standard InChI is InChI=1S/C13H17NS/c1-9(2)12-7-10-8-13(3,14)6-4-5-11(10)15-12/h4-9H,14H2,1-3H3. The molecule has 1 nitrogen and oxygen atoms in total. The highest BCUT2D eigenvalue weighted by Crippen LogP contribution is 2.15. The van der Waals surface area contributed by atoms with Crippen molar-refractivity contribution in [2.24, 2.45) is 5.73 Å². The summed E-state index contributed by atoms with van der Waals surface area (Å²) in [5.74, 6) is 0.594. The van der Waals surface area contributed by atoms with Crippen LogP contribution in [0.1, 0.15) is 31.6 Å². The minimum absolute atomic E-state index is 0.322. The molecule has 1 aromatic heterocycles. The van der Waals surface area contributed by atoms with Crippen molar-refractivity contribution in [3.05, 3.63) is 32.8 Å². The second kappa shape index (κ2) is 3.62. The van der Waals surface area contributed by atoms with E-state index >= 15 is 0 Å². The molecular formula is C13H17NS. The molecule has 0 saturated carbocycles. The molecule has 1 atom stereocenters. The zero-order valence-electron chi connectivity index (χ0n) is 9.45. The van der Waals surface area contributed by atoms with Gasteiger partial charge in [-0.1, -0.05) is 32.1 Å². The smallest absolute Gasteiger partial charge is 0.0508 e. The summed E-state index contributed by atoms with van der Waals surface area (Å²) in [7, 11) is 0. The molecule has 1 heterocycles. The summed E-state index contributed by atoms with van der Waals surface area (Å²) in [6.07, 6.45) is 8.39. The first-order valence-corrected chi connectivity index (χ1v) is 6.11. The molecule has 0 fully saturated rings. The van der Waals surface area contributed by atoms with Crippen molar-refractivity contribution in [2.45, 2.75) is 32.2 Å². The molecule has 80 valence electrons. The van der Waals surface area contributed by atoms with Crippen LogP contribution in [0.5, 0.6) is 0 Å². The van der Waals surface area contributed by atoms with E-state index in [9.17, 15) is 0 Å². The Morgan fingerprint density at radius 1 is 1.40 bits per heavy atom. The van der Waals surface area contributed by atoms with Gasteiger partial charge in [-0.15, -0.1) is 11.3 Å². The van der Waals surface area contributed by atoms with E-state index in [0.29, 0.717) is 5.92 Å². The average Bonchev–Trinajstić information content (AvgIpc) is 2.42. The molecule has 0 bridgehead atoms. The molecule has 2 N–H and O–H groups in total. The fourth-order valence-electron chi connectivity index (χ4n) is 1.69. The Labute approximate surface area is 94.6 Å². The lowest BCUT2D eigenvalue weighted by atomic mass is 10.0. The van der Waals surface area contributed by atoms with E-state index in [0.717, 1.165) is 0 Å². The molecule has 0 spiro atoms. The summed E-state index contributed by atoms with van der Waals surface area (Å²) in [6.45, 7) is 6.48. The Morgan fingerprint density at radius 3 is 2.80 bits per heavy atom. The van der Waals surface area contributed by atoms with Crippen LogP contribution in [0.4, 0.5) is 0 Å². The van der Waals surface area contributed by atoms with Gasteiger partial charge in [0.2, 0.25) is 0 Å². The number of thiophene rings is 1. The van der Waals surface area contributed by atoms with Crippen LogP contribution in [0.25, 0.3) is 12.2 Å². The van der Waals surface area contributed by atoms with Crippen LogP contribution in [0.3, 0.4) is 0 Å². The van der Waals surface area contributed by atoms with Crippen LogP contribution in [0.15, 0.2) is 18.2 Å². The Bertz CT molecular complexity index is 503. The van der Waals surface area contributed by atoms with E-state index in [4.69, 9.17) is 5.73 Å². The zero-order chi connectivity index (χ0) is 11.1. The number of allylic oxidation sites excluding steroid dienone is 1. The zero-order valence-corrected chi connectivity index (χ0v) is 10.3. The van der Waals surface area contributed by atoms with E-state index in [-0.39, 0.29) is 5.54 Å². The molecule has 0 saturated heterocycles. The predicted octanol–water partition coefficient (Wildman–Crippen LogP) is 1.72. The van der Waals surface area contributed by atoms with Crippen molar-refractivity contribution in [1.29, 1.82) is 0 Å². The molecule has 1 aliphatic carbocycles. The van der Waals surface area contributed by atoms with Crippen molar-refractivity contribution in [1.82, 2.24) is 0 Å². The van der Waals surface area contributed by atoms with E-state index < -0.39 is 0 Å². The van der Waals surface area contributed by atoms with Crippen molar-refractivity contribution < 1.29 is 0 Å². The van der Waals surface area contributed by atoms with Gasteiger partial charge in [0.15, 0.2) is 0 Å². The van der Waals surface area contributed by atoms with Gasteiger partial charge in [0.05, 0.1) is 5.54 Å². The minimum atomic E-state index is -0.322. The van der Waals surface area contributed by atoms with E-state index in [1.807, 2.05) is 24.3 Å². The van der Waals surface area contributed by atoms with Crippen molar-refractivity contribution >= 4 is 23.5 Å².